The molecule has 0 bridgehead atoms. The molecule has 1 aromatic heterocycles. The third-order valence-electron chi connectivity index (χ3n) is 2.95. The second-order valence-electron chi connectivity index (χ2n) is 4.29. The van der Waals surface area contributed by atoms with Gasteiger partial charge in [0, 0.05) is 9.85 Å². The van der Waals surface area contributed by atoms with E-state index >= 15 is 0 Å². The first-order chi connectivity index (χ1) is 8.50. The van der Waals surface area contributed by atoms with Crippen molar-refractivity contribution in [3.8, 4) is 0 Å². The van der Waals surface area contributed by atoms with Crippen molar-refractivity contribution >= 4 is 39.1 Å². The number of amides is 1. The second kappa shape index (κ2) is 5.01. The molecule has 1 aliphatic rings. The zero-order valence-corrected chi connectivity index (χ0v) is 12.6. The van der Waals surface area contributed by atoms with Gasteiger partial charge >= 0.3 is 5.97 Å². The van der Waals surface area contributed by atoms with Crippen LogP contribution in [-0.2, 0) is 9.53 Å². The van der Waals surface area contributed by atoms with E-state index in [2.05, 4.69) is 21.2 Å². The lowest BCUT2D eigenvalue weighted by atomic mass is 10.2. The Morgan fingerprint density at radius 3 is 2.67 bits per heavy atom. The molecule has 1 fully saturated rings. The van der Waals surface area contributed by atoms with E-state index in [0.717, 1.165) is 10.0 Å². The number of hydrogen-bond acceptors (Lipinski definition) is 4. The van der Waals surface area contributed by atoms with E-state index in [1.165, 1.54) is 11.3 Å². The number of hydrogen-bond donors (Lipinski definition) is 1. The lowest BCUT2D eigenvalue weighted by molar-refractivity contribution is -0.146. The maximum atomic E-state index is 12.1. The van der Waals surface area contributed by atoms with Gasteiger partial charge in [-0.3, -0.25) is 4.79 Å². The Morgan fingerprint density at radius 2 is 2.22 bits per heavy atom. The first-order valence-electron chi connectivity index (χ1n) is 5.73. The molecule has 0 saturated heterocycles. The summed E-state index contributed by atoms with van der Waals surface area (Å²) >= 11 is 4.74. The van der Waals surface area contributed by atoms with Crippen LogP contribution < -0.4 is 5.32 Å². The van der Waals surface area contributed by atoms with Crippen LogP contribution in [0.1, 0.15) is 35.0 Å². The summed E-state index contributed by atoms with van der Waals surface area (Å²) in [6.45, 7) is 3.97. The van der Waals surface area contributed by atoms with Gasteiger partial charge in [0.25, 0.3) is 5.91 Å². The van der Waals surface area contributed by atoms with Crippen LogP contribution in [0, 0.1) is 6.92 Å². The maximum absolute atomic E-state index is 12.1. The summed E-state index contributed by atoms with van der Waals surface area (Å²) in [5.41, 5.74) is 0.118. The molecule has 0 spiro atoms. The molecule has 1 amide bonds. The maximum Gasteiger partial charge on any atom is 0.331 e. The number of nitrogens with one attached hydrogen (secondary N) is 1. The average molecular weight is 332 g/mol. The molecule has 1 heterocycles. The molecule has 1 aromatic rings. The summed E-state index contributed by atoms with van der Waals surface area (Å²) < 4.78 is 5.90. The molecular formula is C12H14BrNO3S. The molecule has 1 saturated carbocycles. The molecule has 0 aliphatic heterocycles. The standard InChI is InChI=1S/C12H14BrNO3S/c1-3-17-11(16)12(4-5-12)14-10(15)9-7(2)8(13)6-18-9/h6H,3-5H2,1-2H3,(H,14,15). The summed E-state index contributed by atoms with van der Waals surface area (Å²) in [5.74, 6) is -0.527. The van der Waals surface area contributed by atoms with Crippen LogP contribution in [0.3, 0.4) is 0 Å². The number of carbonyl (C=O) groups excluding carboxylic acids is 2. The molecule has 98 valence electrons. The van der Waals surface area contributed by atoms with Gasteiger partial charge in [0.05, 0.1) is 11.5 Å². The van der Waals surface area contributed by atoms with E-state index in [1.54, 1.807) is 6.92 Å². The Kier molecular flexibility index (Phi) is 3.77. The van der Waals surface area contributed by atoms with Gasteiger partial charge in [-0.15, -0.1) is 11.3 Å². The summed E-state index contributed by atoms with van der Waals surface area (Å²) in [7, 11) is 0. The fourth-order valence-corrected chi connectivity index (χ4v) is 3.12. The normalized spacial score (nSPS) is 16.2. The van der Waals surface area contributed by atoms with Gasteiger partial charge < -0.3 is 10.1 Å². The van der Waals surface area contributed by atoms with Crippen LogP contribution in [0.15, 0.2) is 9.85 Å². The number of halogens is 1. The number of carbonyl (C=O) groups is 2. The van der Waals surface area contributed by atoms with Gasteiger partial charge in [-0.2, -0.15) is 0 Å². The SMILES string of the molecule is CCOC(=O)C1(NC(=O)c2scc(Br)c2C)CC1. The topological polar surface area (TPSA) is 55.4 Å². The van der Waals surface area contributed by atoms with Crippen molar-refractivity contribution in [1.82, 2.24) is 5.32 Å². The lowest BCUT2D eigenvalue weighted by Crippen LogP contribution is -2.44. The second-order valence-corrected chi connectivity index (χ2v) is 6.03. The fraction of sp³-hybridized carbons (Fsp3) is 0.500. The van der Waals surface area contributed by atoms with Crippen molar-refractivity contribution in [3.05, 3.63) is 20.3 Å². The largest absolute Gasteiger partial charge is 0.464 e. The lowest BCUT2D eigenvalue weighted by Gasteiger charge is -2.15. The molecule has 18 heavy (non-hydrogen) atoms. The van der Waals surface area contributed by atoms with Crippen molar-refractivity contribution < 1.29 is 14.3 Å². The summed E-state index contributed by atoms with van der Waals surface area (Å²) in [4.78, 5) is 24.5. The zero-order chi connectivity index (χ0) is 13.3. The minimum atomic E-state index is -0.782. The highest BCUT2D eigenvalue weighted by Gasteiger charge is 2.52. The Bertz CT molecular complexity index is 494. The van der Waals surface area contributed by atoms with Crippen molar-refractivity contribution in [2.45, 2.75) is 32.2 Å². The Morgan fingerprint density at radius 1 is 1.56 bits per heavy atom. The van der Waals surface area contributed by atoms with Crippen molar-refractivity contribution in [2.24, 2.45) is 0 Å². The molecule has 0 unspecified atom stereocenters. The Balaban J connectivity index is 2.08. The van der Waals surface area contributed by atoms with Crippen molar-refractivity contribution in [2.75, 3.05) is 6.61 Å². The van der Waals surface area contributed by atoms with E-state index < -0.39 is 5.54 Å². The van der Waals surface area contributed by atoms with Crippen LogP contribution in [0.4, 0.5) is 0 Å². The van der Waals surface area contributed by atoms with E-state index in [0.29, 0.717) is 24.3 Å². The third-order valence-corrected chi connectivity index (χ3v) is 5.16. The van der Waals surface area contributed by atoms with E-state index in [1.807, 2.05) is 12.3 Å². The predicted octanol–water partition coefficient (Wildman–Crippen LogP) is 2.64. The van der Waals surface area contributed by atoms with Crippen LogP contribution in [0.25, 0.3) is 0 Å². The van der Waals surface area contributed by atoms with E-state index in [9.17, 15) is 9.59 Å². The number of thiophene rings is 1. The van der Waals surface area contributed by atoms with Gasteiger partial charge in [0.1, 0.15) is 5.54 Å². The first-order valence-corrected chi connectivity index (χ1v) is 7.41. The molecule has 0 atom stereocenters. The molecule has 6 heteroatoms. The van der Waals surface area contributed by atoms with Gasteiger partial charge in [-0.1, -0.05) is 0 Å². The van der Waals surface area contributed by atoms with Gasteiger partial charge in [0.2, 0.25) is 0 Å². The van der Waals surface area contributed by atoms with E-state index in [4.69, 9.17) is 4.74 Å². The Labute approximate surface area is 118 Å². The Hall–Kier alpha value is -0.880. The van der Waals surface area contributed by atoms with Crippen LogP contribution in [0.5, 0.6) is 0 Å². The highest BCUT2D eigenvalue weighted by molar-refractivity contribution is 9.10. The monoisotopic (exact) mass is 331 g/mol. The van der Waals surface area contributed by atoms with E-state index in [-0.39, 0.29) is 11.9 Å². The molecule has 0 aromatic carbocycles. The first kappa shape index (κ1) is 13.5. The summed E-state index contributed by atoms with van der Waals surface area (Å²) in [6.07, 6.45) is 1.31. The zero-order valence-electron chi connectivity index (χ0n) is 10.2. The quantitative estimate of drug-likeness (QED) is 0.863. The highest BCUT2D eigenvalue weighted by atomic mass is 79.9. The fourth-order valence-electron chi connectivity index (χ4n) is 1.67. The molecule has 1 N–H and O–H groups in total. The highest BCUT2D eigenvalue weighted by Crippen LogP contribution is 2.37. The molecule has 0 radical (unpaired) electrons. The molecular weight excluding hydrogens is 318 g/mol. The van der Waals surface area contributed by atoms with Crippen molar-refractivity contribution in [3.63, 3.8) is 0 Å². The number of esters is 1. The number of ether oxygens (including phenoxy) is 1. The average Bonchev–Trinajstić information content (AvgIpc) is 3.02. The van der Waals surface area contributed by atoms with Gasteiger partial charge in [-0.25, -0.2) is 4.79 Å². The van der Waals surface area contributed by atoms with Crippen LogP contribution in [0.2, 0.25) is 0 Å². The number of rotatable bonds is 4. The molecule has 1 aliphatic carbocycles. The predicted molar refractivity (Wildman–Crippen MR) is 72.8 cm³/mol. The minimum absolute atomic E-state index is 0.200. The summed E-state index contributed by atoms with van der Waals surface area (Å²) in [6, 6.07) is 0. The van der Waals surface area contributed by atoms with Crippen LogP contribution in [-0.4, -0.2) is 24.0 Å². The third kappa shape index (κ3) is 2.44. The summed E-state index contributed by atoms with van der Waals surface area (Å²) in [5, 5.41) is 4.67. The minimum Gasteiger partial charge on any atom is -0.464 e. The van der Waals surface area contributed by atoms with Crippen LogP contribution >= 0.6 is 27.3 Å². The molecule has 2 rings (SSSR count). The van der Waals surface area contributed by atoms with Gasteiger partial charge in [0.15, 0.2) is 0 Å². The van der Waals surface area contributed by atoms with Crippen molar-refractivity contribution in [1.29, 1.82) is 0 Å². The smallest absolute Gasteiger partial charge is 0.331 e. The van der Waals surface area contributed by atoms with Gasteiger partial charge in [-0.05, 0) is 48.2 Å². The molecule has 4 nitrogen and oxygen atoms in total.